The average molecular weight is 267 g/mol. The van der Waals surface area contributed by atoms with Crippen LogP contribution in [0.3, 0.4) is 0 Å². The summed E-state index contributed by atoms with van der Waals surface area (Å²) in [4.78, 5) is 14.3. The lowest BCUT2D eigenvalue weighted by Gasteiger charge is -2.34. The molecule has 0 radical (unpaired) electrons. The van der Waals surface area contributed by atoms with Gasteiger partial charge in [0, 0.05) is 19.1 Å². The maximum absolute atomic E-state index is 12.1. The lowest BCUT2D eigenvalue weighted by molar-refractivity contribution is -0.123. The van der Waals surface area contributed by atoms with E-state index in [1.165, 1.54) is 12.8 Å². The van der Waals surface area contributed by atoms with E-state index in [0.717, 1.165) is 45.4 Å². The Morgan fingerprint density at radius 2 is 2.00 bits per heavy atom. The zero-order valence-corrected chi connectivity index (χ0v) is 12.5. The summed E-state index contributed by atoms with van der Waals surface area (Å²) >= 11 is 0. The van der Waals surface area contributed by atoms with Crippen molar-refractivity contribution in [1.29, 1.82) is 0 Å². The highest BCUT2D eigenvalue weighted by Gasteiger charge is 2.27. The highest BCUT2D eigenvalue weighted by atomic mass is 16.2. The number of carbonyl (C=O) groups excluding carboxylic acids is 1. The smallest absolute Gasteiger partial charge is 0.234 e. The minimum Gasteiger partial charge on any atom is -0.352 e. The van der Waals surface area contributed by atoms with E-state index in [0.29, 0.717) is 18.0 Å². The van der Waals surface area contributed by atoms with E-state index in [1.807, 2.05) is 0 Å². The Morgan fingerprint density at radius 3 is 2.74 bits per heavy atom. The van der Waals surface area contributed by atoms with E-state index in [1.54, 1.807) is 0 Å². The Kier molecular flexibility index (Phi) is 5.22. The number of nitrogens with one attached hydrogen (secondary N) is 2. The van der Waals surface area contributed by atoms with Crippen molar-refractivity contribution < 1.29 is 4.79 Å². The van der Waals surface area contributed by atoms with Gasteiger partial charge < -0.3 is 10.6 Å². The van der Waals surface area contributed by atoms with Crippen molar-refractivity contribution in [2.75, 3.05) is 32.7 Å². The highest BCUT2D eigenvalue weighted by molar-refractivity contribution is 5.78. The van der Waals surface area contributed by atoms with Crippen LogP contribution in [-0.2, 0) is 4.79 Å². The van der Waals surface area contributed by atoms with Crippen LogP contribution >= 0.6 is 0 Å². The number of amides is 1. The molecule has 4 heteroatoms. The fraction of sp³-hybridized carbons (Fsp3) is 0.933. The minimum absolute atomic E-state index is 0.214. The predicted molar refractivity (Wildman–Crippen MR) is 78.1 cm³/mol. The first-order chi connectivity index (χ1) is 9.05. The molecule has 2 fully saturated rings. The number of nitrogens with zero attached hydrogens (tertiary/aromatic N) is 1. The third-order valence-corrected chi connectivity index (χ3v) is 4.50. The van der Waals surface area contributed by atoms with Gasteiger partial charge in [-0.1, -0.05) is 13.8 Å². The zero-order chi connectivity index (χ0) is 13.7. The van der Waals surface area contributed by atoms with E-state index < -0.39 is 0 Å². The van der Waals surface area contributed by atoms with Crippen LogP contribution in [0.15, 0.2) is 0 Å². The van der Waals surface area contributed by atoms with Gasteiger partial charge in [-0.15, -0.1) is 0 Å². The largest absolute Gasteiger partial charge is 0.352 e. The van der Waals surface area contributed by atoms with Crippen molar-refractivity contribution >= 4 is 5.91 Å². The fourth-order valence-corrected chi connectivity index (χ4v) is 3.08. The van der Waals surface area contributed by atoms with Gasteiger partial charge in [0.1, 0.15) is 0 Å². The van der Waals surface area contributed by atoms with Gasteiger partial charge in [0.15, 0.2) is 0 Å². The van der Waals surface area contributed by atoms with Gasteiger partial charge in [0.25, 0.3) is 0 Å². The van der Waals surface area contributed by atoms with Crippen molar-refractivity contribution in [2.24, 2.45) is 5.41 Å². The van der Waals surface area contributed by atoms with E-state index in [4.69, 9.17) is 0 Å². The molecule has 19 heavy (non-hydrogen) atoms. The standard InChI is InChI=1S/C15H29N3O/c1-15(2)6-4-13(5-7-15)17-14(19)12-18-10-3-8-16-9-11-18/h13,16H,3-12H2,1-2H3,(H,17,19). The summed E-state index contributed by atoms with van der Waals surface area (Å²) in [5.41, 5.74) is 0.470. The van der Waals surface area contributed by atoms with Crippen LogP contribution in [-0.4, -0.2) is 49.6 Å². The molecule has 1 aliphatic carbocycles. The number of rotatable bonds is 3. The molecule has 1 saturated heterocycles. The van der Waals surface area contributed by atoms with Crippen molar-refractivity contribution in [3.05, 3.63) is 0 Å². The van der Waals surface area contributed by atoms with Gasteiger partial charge in [0.2, 0.25) is 5.91 Å². The molecule has 4 nitrogen and oxygen atoms in total. The molecule has 110 valence electrons. The topological polar surface area (TPSA) is 44.4 Å². The summed E-state index contributed by atoms with van der Waals surface area (Å²) in [5, 5.41) is 6.59. The molecule has 0 aromatic heterocycles. The summed E-state index contributed by atoms with van der Waals surface area (Å²) in [5.74, 6) is 0.214. The molecule has 2 aliphatic rings. The first kappa shape index (κ1) is 14.8. The Morgan fingerprint density at radius 1 is 1.26 bits per heavy atom. The molecule has 1 heterocycles. The Labute approximate surface area is 117 Å². The van der Waals surface area contributed by atoms with Gasteiger partial charge in [-0.05, 0) is 50.6 Å². The van der Waals surface area contributed by atoms with E-state index in [-0.39, 0.29) is 5.91 Å². The summed E-state index contributed by atoms with van der Waals surface area (Å²) in [6.07, 6.45) is 5.88. The van der Waals surface area contributed by atoms with Crippen LogP contribution in [0, 0.1) is 5.41 Å². The molecule has 0 spiro atoms. The maximum atomic E-state index is 12.1. The summed E-state index contributed by atoms with van der Waals surface area (Å²) in [7, 11) is 0. The summed E-state index contributed by atoms with van der Waals surface area (Å²) < 4.78 is 0. The molecule has 0 aromatic carbocycles. The molecule has 1 amide bonds. The number of carbonyl (C=O) groups is 1. The fourth-order valence-electron chi connectivity index (χ4n) is 3.08. The number of hydrogen-bond acceptors (Lipinski definition) is 3. The third-order valence-electron chi connectivity index (χ3n) is 4.50. The Hall–Kier alpha value is -0.610. The van der Waals surface area contributed by atoms with Gasteiger partial charge in [0.05, 0.1) is 6.54 Å². The second-order valence-electron chi connectivity index (χ2n) is 6.89. The lowest BCUT2D eigenvalue weighted by Crippen LogP contribution is -2.44. The molecule has 0 aromatic rings. The van der Waals surface area contributed by atoms with Crippen molar-refractivity contribution in [3.63, 3.8) is 0 Å². The van der Waals surface area contributed by atoms with Crippen LogP contribution in [0.2, 0.25) is 0 Å². The molecule has 0 atom stereocenters. The molecule has 2 rings (SSSR count). The Bertz CT molecular complexity index is 286. The first-order valence-electron chi connectivity index (χ1n) is 7.78. The average Bonchev–Trinajstić information content (AvgIpc) is 2.60. The van der Waals surface area contributed by atoms with E-state index >= 15 is 0 Å². The minimum atomic E-state index is 0.214. The van der Waals surface area contributed by atoms with Gasteiger partial charge in [-0.3, -0.25) is 9.69 Å². The SMILES string of the molecule is CC1(C)CCC(NC(=O)CN2CCCNCC2)CC1. The zero-order valence-electron chi connectivity index (χ0n) is 12.5. The first-order valence-corrected chi connectivity index (χ1v) is 7.78. The predicted octanol–water partition coefficient (Wildman–Crippen LogP) is 1.37. The van der Waals surface area contributed by atoms with Crippen molar-refractivity contribution in [1.82, 2.24) is 15.5 Å². The molecule has 1 saturated carbocycles. The van der Waals surface area contributed by atoms with Crippen LogP contribution in [0.5, 0.6) is 0 Å². The quantitative estimate of drug-likeness (QED) is 0.812. The number of hydrogen-bond donors (Lipinski definition) is 2. The molecular formula is C15H29N3O. The normalized spacial score (nSPS) is 25.8. The van der Waals surface area contributed by atoms with Crippen molar-refractivity contribution in [2.45, 2.75) is 52.0 Å². The maximum Gasteiger partial charge on any atom is 0.234 e. The van der Waals surface area contributed by atoms with Gasteiger partial charge in [-0.25, -0.2) is 0 Å². The summed E-state index contributed by atoms with van der Waals surface area (Å²) in [6.45, 7) is 9.34. The van der Waals surface area contributed by atoms with E-state index in [2.05, 4.69) is 29.4 Å². The molecule has 0 bridgehead atoms. The van der Waals surface area contributed by atoms with Crippen LogP contribution in [0.1, 0.15) is 46.0 Å². The van der Waals surface area contributed by atoms with Crippen LogP contribution < -0.4 is 10.6 Å². The van der Waals surface area contributed by atoms with Crippen molar-refractivity contribution in [3.8, 4) is 0 Å². The molecule has 0 unspecified atom stereocenters. The lowest BCUT2D eigenvalue weighted by atomic mass is 9.75. The van der Waals surface area contributed by atoms with Crippen LogP contribution in [0.4, 0.5) is 0 Å². The second kappa shape index (κ2) is 6.71. The Balaban J connectivity index is 1.69. The molecule has 1 aliphatic heterocycles. The molecule has 2 N–H and O–H groups in total. The van der Waals surface area contributed by atoms with Gasteiger partial charge >= 0.3 is 0 Å². The van der Waals surface area contributed by atoms with E-state index in [9.17, 15) is 4.79 Å². The summed E-state index contributed by atoms with van der Waals surface area (Å²) in [6, 6.07) is 0.408. The second-order valence-corrected chi connectivity index (χ2v) is 6.89. The highest BCUT2D eigenvalue weighted by Crippen LogP contribution is 2.34. The van der Waals surface area contributed by atoms with Crippen LogP contribution in [0.25, 0.3) is 0 Å². The monoisotopic (exact) mass is 267 g/mol. The third kappa shape index (κ3) is 5.11. The van der Waals surface area contributed by atoms with Gasteiger partial charge in [-0.2, -0.15) is 0 Å². The molecular weight excluding hydrogens is 238 g/mol.